The summed E-state index contributed by atoms with van der Waals surface area (Å²) in [6.07, 6.45) is 1.53. The van der Waals surface area contributed by atoms with Crippen LogP contribution in [-0.2, 0) is 16.4 Å². The van der Waals surface area contributed by atoms with E-state index in [0.29, 0.717) is 23.5 Å². The number of aryl methyl sites for hydroxylation is 1. The second kappa shape index (κ2) is 6.34. The summed E-state index contributed by atoms with van der Waals surface area (Å²) >= 11 is 0. The molecule has 6 heteroatoms. The number of rotatable bonds is 3. The molecule has 0 bridgehead atoms. The van der Waals surface area contributed by atoms with Crippen LogP contribution in [0, 0.1) is 0 Å². The Bertz CT molecular complexity index is 601. The Morgan fingerprint density at radius 3 is 2.71 bits per heavy atom. The van der Waals surface area contributed by atoms with Crippen molar-refractivity contribution in [3.63, 3.8) is 0 Å². The van der Waals surface area contributed by atoms with Crippen molar-refractivity contribution in [2.45, 2.75) is 37.6 Å². The van der Waals surface area contributed by atoms with E-state index in [-0.39, 0.29) is 6.04 Å². The Kier molecular flexibility index (Phi) is 4.91. The summed E-state index contributed by atoms with van der Waals surface area (Å²) in [6.45, 7) is 6.17. The summed E-state index contributed by atoms with van der Waals surface area (Å²) in [5, 5.41) is 0. The highest BCUT2D eigenvalue weighted by Crippen LogP contribution is 2.26. The van der Waals surface area contributed by atoms with Crippen LogP contribution in [0.25, 0.3) is 0 Å². The van der Waals surface area contributed by atoms with Gasteiger partial charge in [-0.2, -0.15) is 4.31 Å². The molecule has 1 aromatic carbocycles. The van der Waals surface area contributed by atoms with Crippen LogP contribution in [0.15, 0.2) is 23.1 Å². The van der Waals surface area contributed by atoms with Gasteiger partial charge < -0.3 is 10.6 Å². The number of hydrogen-bond donors (Lipinski definition) is 1. The van der Waals surface area contributed by atoms with Crippen LogP contribution in [0.5, 0.6) is 0 Å². The second-order valence-corrected chi connectivity index (χ2v) is 7.66. The number of nitrogens with two attached hydrogens (primary N) is 1. The monoisotopic (exact) mass is 311 g/mol. The van der Waals surface area contributed by atoms with Gasteiger partial charge in [0.1, 0.15) is 0 Å². The van der Waals surface area contributed by atoms with Gasteiger partial charge in [0, 0.05) is 24.8 Å². The maximum atomic E-state index is 13.0. The summed E-state index contributed by atoms with van der Waals surface area (Å²) in [6, 6.07) is 5.14. The molecule has 2 rings (SSSR count). The highest BCUT2D eigenvalue weighted by Gasteiger charge is 2.32. The molecule has 5 nitrogen and oxygen atoms in total. The lowest BCUT2D eigenvalue weighted by Gasteiger charge is -2.28. The van der Waals surface area contributed by atoms with Gasteiger partial charge in [0.05, 0.1) is 4.90 Å². The van der Waals surface area contributed by atoms with Gasteiger partial charge in [-0.05, 0) is 51.1 Å². The Morgan fingerprint density at radius 1 is 1.33 bits per heavy atom. The Balaban J connectivity index is 2.43. The zero-order valence-electron chi connectivity index (χ0n) is 13.0. The molecule has 1 unspecified atom stereocenters. The molecule has 1 aliphatic rings. The van der Waals surface area contributed by atoms with E-state index < -0.39 is 10.0 Å². The van der Waals surface area contributed by atoms with Crippen LogP contribution in [0.3, 0.4) is 0 Å². The highest BCUT2D eigenvalue weighted by molar-refractivity contribution is 7.89. The molecule has 0 aromatic heterocycles. The minimum atomic E-state index is -3.50. The van der Waals surface area contributed by atoms with E-state index in [1.165, 1.54) is 0 Å². The first-order valence-electron chi connectivity index (χ1n) is 7.45. The lowest BCUT2D eigenvalue weighted by Crippen LogP contribution is -2.42. The summed E-state index contributed by atoms with van der Waals surface area (Å²) in [5.41, 5.74) is 7.12. The molecule has 1 saturated heterocycles. The zero-order valence-corrected chi connectivity index (χ0v) is 13.9. The van der Waals surface area contributed by atoms with E-state index in [4.69, 9.17) is 5.73 Å². The number of nitrogen functional groups attached to an aromatic ring is 1. The fourth-order valence-electron chi connectivity index (χ4n) is 2.94. The first-order chi connectivity index (χ1) is 9.86. The molecule has 0 saturated carbocycles. The van der Waals surface area contributed by atoms with Gasteiger partial charge in [-0.1, -0.05) is 13.0 Å². The van der Waals surface area contributed by atoms with Crippen LogP contribution in [0.1, 0.15) is 25.8 Å². The number of sulfonamides is 1. The minimum Gasteiger partial charge on any atom is -0.399 e. The van der Waals surface area contributed by atoms with Crippen molar-refractivity contribution in [1.82, 2.24) is 9.21 Å². The van der Waals surface area contributed by atoms with Crippen molar-refractivity contribution < 1.29 is 8.42 Å². The van der Waals surface area contributed by atoms with Gasteiger partial charge in [-0.25, -0.2) is 8.42 Å². The molecule has 0 spiro atoms. The van der Waals surface area contributed by atoms with E-state index in [0.717, 1.165) is 25.1 Å². The molecule has 1 aliphatic heterocycles. The minimum absolute atomic E-state index is 0.0337. The Morgan fingerprint density at radius 2 is 2.05 bits per heavy atom. The van der Waals surface area contributed by atoms with E-state index in [2.05, 4.69) is 4.90 Å². The number of nitrogens with zero attached hydrogens (tertiary/aromatic N) is 2. The van der Waals surface area contributed by atoms with Crippen molar-refractivity contribution >= 4 is 15.7 Å². The standard InChI is InChI=1S/C15H25N3O2S/c1-4-13-6-7-14(16)10-15(13)21(19,20)18-9-5-8-17(3)11-12(18)2/h6-7,10,12H,4-5,8-9,11,16H2,1-3H3. The predicted octanol–water partition coefficient (Wildman–Crippen LogP) is 1.55. The van der Waals surface area contributed by atoms with E-state index in [9.17, 15) is 8.42 Å². The first-order valence-corrected chi connectivity index (χ1v) is 8.89. The summed E-state index contributed by atoms with van der Waals surface area (Å²) in [4.78, 5) is 2.54. The maximum absolute atomic E-state index is 13.0. The SMILES string of the molecule is CCc1ccc(N)cc1S(=O)(=O)N1CCCN(C)CC1C. The normalized spacial score (nSPS) is 22.1. The number of anilines is 1. The van der Waals surface area contributed by atoms with Gasteiger partial charge in [-0.3, -0.25) is 0 Å². The third-order valence-corrected chi connectivity index (χ3v) is 6.14. The van der Waals surface area contributed by atoms with Crippen LogP contribution >= 0.6 is 0 Å². The van der Waals surface area contributed by atoms with Gasteiger partial charge in [0.25, 0.3) is 0 Å². The van der Waals surface area contributed by atoms with E-state index >= 15 is 0 Å². The van der Waals surface area contributed by atoms with Gasteiger partial charge in [0.2, 0.25) is 10.0 Å². The van der Waals surface area contributed by atoms with Crippen LogP contribution in [0.2, 0.25) is 0 Å². The van der Waals surface area contributed by atoms with Gasteiger partial charge >= 0.3 is 0 Å². The number of benzene rings is 1. The predicted molar refractivity (Wildman–Crippen MR) is 85.7 cm³/mol. The molecule has 1 atom stereocenters. The molecular formula is C15H25N3O2S. The third-order valence-electron chi connectivity index (χ3n) is 4.04. The topological polar surface area (TPSA) is 66.6 Å². The molecule has 1 fully saturated rings. The number of hydrogen-bond acceptors (Lipinski definition) is 4. The van der Waals surface area contributed by atoms with Crippen LogP contribution < -0.4 is 5.73 Å². The zero-order chi connectivity index (χ0) is 15.6. The van der Waals surface area contributed by atoms with Crippen molar-refractivity contribution in [2.24, 2.45) is 0 Å². The average Bonchev–Trinajstić information content (AvgIpc) is 2.59. The van der Waals surface area contributed by atoms with Crippen LogP contribution in [0.4, 0.5) is 5.69 Å². The fraction of sp³-hybridized carbons (Fsp3) is 0.600. The largest absolute Gasteiger partial charge is 0.399 e. The van der Waals surface area contributed by atoms with Crippen molar-refractivity contribution in [3.05, 3.63) is 23.8 Å². The van der Waals surface area contributed by atoms with E-state index in [1.807, 2.05) is 27.0 Å². The second-order valence-electron chi connectivity index (χ2n) is 5.80. The Hall–Kier alpha value is -1.11. The van der Waals surface area contributed by atoms with Crippen molar-refractivity contribution in [3.8, 4) is 0 Å². The van der Waals surface area contributed by atoms with Gasteiger partial charge in [0.15, 0.2) is 0 Å². The first kappa shape index (κ1) is 16.3. The molecule has 0 amide bonds. The fourth-order valence-corrected chi connectivity index (χ4v) is 4.93. The molecule has 0 aliphatic carbocycles. The average molecular weight is 311 g/mol. The summed E-state index contributed by atoms with van der Waals surface area (Å²) in [5.74, 6) is 0. The lowest BCUT2D eigenvalue weighted by molar-refractivity contribution is 0.290. The van der Waals surface area contributed by atoms with Gasteiger partial charge in [-0.15, -0.1) is 0 Å². The third kappa shape index (κ3) is 3.39. The van der Waals surface area contributed by atoms with Crippen LogP contribution in [-0.4, -0.2) is 50.3 Å². The Labute approximate surface area is 127 Å². The van der Waals surface area contributed by atoms with E-state index in [1.54, 1.807) is 16.4 Å². The molecular weight excluding hydrogens is 286 g/mol. The summed E-state index contributed by atoms with van der Waals surface area (Å²) in [7, 11) is -1.46. The maximum Gasteiger partial charge on any atom is 0.243 e. The van der Waals surface area contributed by atoms with Crippen molar-refractivity contribution in [2.75, 3.05) is 32.4 Å². The highest BCUT2D eigenvalue weighted by atomic mass is 32.2. The molecule has 1 aromatic rings. The molecule has 21 heavy (non-hydrogen) atoms. The molecule has 118 valence electrons. The number of likely N-dealkylation sites (N-methyl/N-ethyl adjacent to an activating group) is 1. The molecule has 1 heterocycles. The quantitative estimate of drug-likeness (QED) is 0.860. The molecule has 0 radical (unpaired) electrons. The summed E-state index contributed by atoms with van der Waals surface area (Å²) < 4.78 is 27.7. The lowest BCUT2D eigenvalue weighted by atomic mass is 10.1. The smallest absolute Gasteiger partial charge is 0.243 e. The van der Waals surface area contributed by atoms with Crippen molar-refractivity contribution in [1.29, 1.82) is 0 Å². The molecule has 2 N–H and O–H groups in total.